The normalized spacial score (nSPS) is 21.4. The molecule has 0 unspecified atom stereocenters. The molecule has 0 saturated carbocycles. The van der Waals surface area contributed by atoms with Crippen LogP contribution in [0.4, 0.5) is 11.8 Å². The van der Waals surface area contributed by atoms with Gasteiger partial charge in [-0.05, 0) is 24.1 Å². The Bertz CT molecular complexity index is 735. The lowest BCUT2D eigenvalue weighted by molar-refractivity contribution is 0.198. The van der Waals surface area contributed by atoms with Crippen molar-refractivity contribution in [2.75, 3.05) is 49.1 Å². The average Bonchev–Trinajstić information content (AvgIpc) is 3.11. The lowest BCUT2D eigenvalue weighted by Gasteiger charge is -2.35. The summed E-state index contributed by atoms with van der Waals surface area (Å²) in [6.45, 7) is 6.09. The zero-order valence-electron chi connectivity index (χ0n) is 14.6. The Morgan fingerprint density at radius 2 is 1.88 bits per heavy atom. The van der Waals surface area contributed by atoms with Crippen molar-refractivity contribution in [3.8, 4) is 0 Å². The standard InChI is InChI=1S/C18H23ClN6O/c19-16-2-1-14(11-21-16)12-23-7-9-24(10-8-23)18-20-5-3-17(22-18)25-6-4-15(26)13-25/h1-3,5,11,15,26H,4,6-10,12-13H2/t15-/m0/s1. The summed E-state index contributed by atoms with van der Waals surface area (Å²) in [5.74, 6) is 1.68. The zero-order valence-corrected chi connectivity index (χ0v) is 15.4. The van der Waals surface area contributed by atoms with E-state index >= 15 is 0 Å². The molecule has 2 fully saturated rings. The molecule has 0 aromatic carbocycles. The van der Waals surface area contributed by atoms with Crippen LogP contribution in [-0.2, 0) is 6.54 Å². The number of piperazine rings is 1. The van der Waals surface area contributed by atoms with Crippen LogP contribution < -0.4 is 9.80 Å². The van der Waals surface area contributed by atoms with Gasteiger partial charge in [-0.15, -0.1) is 0 Å². The quantitative estimate of drug-likeness (QED) is 0.811. The topological polar surface area (TPSA) is 68.6 Å². The number of halogens is 1. The molecule has 0 bridgehead atoms. The number of hydrogen-bond acceptors (Lipinski definition) is 7. The van der Waals surface area contributed by atoms with Gasteiger partial charge in [-0.25, -0.2) is 9.97 Å². The highest BCUT2D eigenvalue weighted by Crippen LogP contribution is 2.21. The van der Waals surface area contributed by atoms with E-state index < -0.39 is 0 Å². The number of aromatic nitrogens is 3. The molecule has 1 atom stereocenters. The van der Waals surface area contributed by atoms with Gasteiger partial charge in [0.15, 0.2) is 0 Å². The second-order valence-corrected chi connectivity index (χ2v) is 7.24. The van der Waals surface area contributed by atoms with Crippen LogP contribution >= 0.6 is 11.6 Å². The van der Waals surface area contributed by atoms with Crippen LogP contribution in [0.1, 0.15) is 12.0 Å². The van der Waals surface area contributed by atoms with Crippen molar-refractivity contribution >= 4 is 23.4 Å². The van der Waals surface area contributed by atoms with Gasteiger partial charge in [0.25, 0.3) is 0 Å². The molecule has 1 N–H and O–H groups in total. The Kier molecular flexibility index (Phi) is 5.19. The number of aliphatic hydroxyl groups excluding tert-OH is 1. The van der Waals surface area contributed by atoms with E-state index in [1.807, 2.05) is 30.6 Å². The van der Waals surface area contributed by atoms with Crippen LogP contribution in [-0.4, -0.2) is 70.3 Å². The minimum atomic E-state index is -0.251. The minimum Gasteiger partial charge on any atom is -0.391 e. The van der Waals surface area contributed by atoms with E-state index in [0.29, 0.717) is 11.7 Å². The number of nitrogens with zero attached hydrogens (tertiary/aromatic N) is 6. The predicted octanol–water partition coefficient (Wildman–Crippen LogP) is 1.42. The number of anilines is 2. The van der Waals surface area contributed by atoms with Gasteiger partial charge in [-0.2, -0.15) is 4.98 Å². The molecule has 2 aliphatic heterocycles. The predicted molar refractivity (Wildman–Crippen MR) is 102 cm³/mol. The second kappa shape index (κ2) is 7.73. The first-order valence-corrected chi connectivity index (χ1v) is 9.39. The van der Waals surface area contributed by atoms with Gasteiger partial charge in [-0.1, -0.05) is 17.7 Å². The fraction of sp³-hybridized carbons (Fsp3) is 0.500. The average molecular weight is 375 g/mol. The Hall–Kier alpha value is -1.96. The Balaban J connectivity index is 1.35. The van der Waals surface area contributed by atoms with Crippen LogP contribution in [0.15, 0.2) is 30.6 Å². The molecule has 4 rings (SSSR count). The second-order valence-electron chi connectivity index (χ2n) is 6.86. The summed E-state index contributed by atoms with van der Waals surface area (Å²) < 4.78 is 0. The van der Waals surface area contributed by atoms with E-state index in [9.17, 15) is 5.11 Å². The molecule has 0 aliphatic carbocycles. The van der Waals surface area contributed by atoms with E-state index in [1.165, 1.54) is 5.56 Å². The van der Waals surface area contributed by atoms with Gasteiger partial charge in [0.05, 0.1) is 6.10 Å². The summed E-state index contributed by atoms with van der Waals surface area (Å²) in [5, 5.41) is 10.3. The van der Waals surface area contributed by atoms with Gasteiger partial charge in [-0.3, -0.25) is 4.90 Å². The van der Waals surface area contributed by atoms with Crippen molar-refractivity contribution in [2.45, 2.75) is 19.1 Å². The number of aliphatic hydroxyl groups is 1. The Morgan fingerprint density at radius 3 is 2.58 bits per heavy atom. The third-order valence-electron chi connectivity index (χ3n) is 4.97. The van der Waals surface area contributed by atoms with Gasteiger partial charge < -0.3 is 14.9 Å². The van der Waals surface area contributed by atoms with Crippen molar-refractivity contribution < 1.29 is 5.11 Å². The Morgan fingerprint density at radius 1 is 1.04 bits per heavy atom. The van der Waals surface area contributed by atoms with Gasteiger partial charge in [0.1, 0.15) is 11.0 Å². The number of hydrogen-bond donors (Lipinski definition) is 1. The lowest BCUT2D eigenvalue weighted by atomic mass is 10.2. The highest BCUT2D eigenvalue weighted by Gasteiger charge is 2.23. The molecule has 0 spiro atoms. The van der Waals surface area contributed by atoms with Crippen LogP contribution in [0.25, 0.3) is 0 Å². The molecule has 2 aliphatic rings. The zero-order chi connectivity index (χ0) is 17.9. The lowest BCUT2D eigenvalue weighted by Crippen LogP contribution is -2.46. The van der Waals surface area contributed by atoms with E-state index in [0.717, 1.165) is 57.5 Å². The highest BCUT2D eigenvalue weighted by molar-refractivity contribution is 6.29. The summed E-state index contributed by atoms with van der Waals surface area (Å²) in [7, 11) is 0. The smallest absolute Gasteiger partial charge is 0.227 e. The van der Waals surface area contributed by atoms with E-state index in [4.69, 9.17) is 16.6 Å². The summed E-state index contributed by atoms with van der Waals surface area (Å²) >= 11 is 5.85. The molecular weight excluding hydrogens is 352 g/mol. The number of β-amino-alcohol motifs (C(OH)–C–C–N with tert-alkyl or cyclic N) is 1. The van der Waals surface area contributed by atoms with E-state index in [-0.39, 0.29) is 6.10 Å². The molecule has 2 aromatic heterocycles. The van der Waals surface area contributed by atoms with Crippen molar-refractivity contribution in [3.05, 3.63) is 41.3 Å². The first-order valence-electron chi connectivity index (χ1n) is 9.01. The maximum Gasteiger partial charge on any atom is 0.227 e. The number of rotatable bonds is 4. The van der Waals surface area contributed by atoms with E-state index in [1.54, 1.807) is 0 Å². The molecule has 2 saturated heterocycles. The van der Waals surface area contributed by atoms with Crippen molar-refractivity contribution in [1.82, 2.24) is 19.9 Å². The van der Waals surface area contributed by atoms with Crippen molar-refractivity contribution in [1.29, 1.82) is 0 Å². The molecule has 7 nitrogen and oxygen atoms in total. The molecule has 2 aromatic rings. The van der Waals surface area contributed by atoms with Gasteiger partial charge in [0.2, 0.25) is 5.95 Å². The first-order chi connectivity index (χ1) is 12.7. The fourth-order valence-electron chi connectivity index (χ4n) is 3.48. The molecule has 0 amide bonds. The molecule has 138 valence electrons. The van der Waals surface area contributed by atoms with Gasteiger partial charge in [0, 0.05) is 58.2 Å². The van der Waals surface area contributed by atoms with E-state index in [2.05, 4.69) is 24.7 Å². The molecular formula is C18H23ClN6O. The fourth-order valence-corrected chi connectivity index (χ4v) is 3.59. The minimum absolute atomic E-state index is 0.251. The summed E-state index contributed by atoms with van der Waals surface area (Å²) in [6, 6.07) is 5.78. The highest BCUT2D eigenvalue weighted by atomic mass is 35.5. The number of pyridine rings is 1. The molecule has 8 heteroatoms. The first kappa shape index (κ1) is 17.5. The maximum absolute atomic E-state index is 9.73. The van der Waals surface area contributed by atoms with Crippen molar-refractivity contribution in [3.63, 3.8) is 0 Å². The summed E-state index contributed by atoms with van der Waals surface area (Å²) in [6.07, 6.45) is 4.21. The summed E-state index contributed by atoms with van der Waals surface area (Å²) in [4.78, 5) is 20.1. The van der Waals surface area contributed by atoms with Gasteiger partial charge >= 0.3 is 0 Å². The van der Waals surface area contributed by atoms with Crippen molar-refractivity contribution in [2.24, 2.45) is 0 Å². The maximum atomic E-state index is 9.73. The third-order valence-corrected chi connectivity index (χ3v) is 5.19. The molecule has 4 heterocycles. The largest absolute Gasteiger partial charge is 0.391 e. The molecule has 0 radical (unpaired) electrons. The monoisotopic (exact) mass is 374 g/mol. The summed E-state index contributed by atoms with van der Waals surface area (Å²) in [5.41, 5.74) is 1.17. The van der Waals surface area contributed by atoms with Crippen LogP contribution in [0.5, 0.6) is 0 Å². The SMILES string of the molecule is O[C@H]1CCN(c2ccnc(N3CCN(Cc4ccc(Cl)nc4)CC3)n2)C1. The van der Waals surface area contributed by atoms with Crippen LogP contribution in [0.2, 0.25) is 5.15 Å². The van der Waals surface area contributed by atoms with Crippen LogP contribution in [0, 0.1) is 0 Å². The Labute approximate surface area is 158 Å². The van der Waals surface area contributed by atoms with Crippen LogP contribution in [0.3, 0.4) is 0 Å². The third kappa shape index (κ3) is 4.06. The molecule has 26 heavy (non-hydrogen) atoms.